The van der Waals surface area contributed by atoms with E-state index in [1.807, 2.05) is 88.9 Å². The number of imidazole rings is 1. The molecule has 1 unspecified atom stereocenters. The summed E-state index contributed by atoms with van der Waals surface area (Å²) in [5.74, 6) is 0.846. The minimum absolute atomic E-state index is 0.0404. The first kappa shape index (κ1) is 24.8. The van der Waals surface area contributed by atoms with Gasteiger partial charge in [0.2, 0.25) is 11.8 Å². The molecule has 1 aliphatic heterocycles. The van der Waals surface area contributed by atoms with Crippen molar-refractivity contribution in [1.82, 2.24) is 14.5 Å². The second-order valence-electron chi connectivity index (χ2n) is 10.3. The van der Waals surface area contributed by atoms with E-state index in [0.717, 1.165) is 28.1 Å². The molecule has 6 heteroatoms. The predicted molar refractivity (Wildman–Crippen MR) is 147 cm³/mol. The lowest BCUT2D eigenvalue weighted by Gasteiger charge is -2.28. The fourth-order valence-corrected chi connectivity index (χ4v) is 5.16. The van der Waals surface area contributed by atoms with Gasteiger partial charge in [0.1, 0.15) is 12.4 Å². The molecular weight excluding hydrogens is 460 g/mol. The molecule has 1 saturated heterocycles. The molecule has 1 aromatic heterocycles. The lowest BCUT2D eigenvalue weighted by molar-refractivity contribution is -0.134. The normalized spacial score (nSPS) is 15.6. The van der Waals surface area contributed by atoms with Crippen molar-refractivity contribution in [2.24, 2.45) is 0 Å². The maximum atomic E-state index is 13.7. The number of aryl methyl sites for hydroxylation is 2. The standard InChI is InChI=1S/C31H34N4O2/c1-21(2)33(18-24-10-6-5-7-11-24)30(37)20-35-28-13-9-8-12-27(28)32-31(35)25-17-29(36)34(19-25)26-15-14-22(3)23(4)16-26/h5-16,21,25H,17-20H2,1-4H3. The van der Waals surface area contributed by atoms with E-state index in [1.54, 1.807) is 0 Å². The first-order chi connectivity index (χ1) is 17.8. The SMILES string of the molecule is Cc1ccc(N2CC(c3nc4ccccc4n3CC(=O)N(Cc3ccccc3)C(C)C)CC2=O)cc1C. The summed E-state index contributed by atoms with van der Waals surface area (Å²) in [5, 5.41) is 0. The summed E-state index contributed by atoms with van der Waals surface area (Å²) in [4.78, 5) is 35.5. The number of hydrogen-bond donors (Lipinski definition) is 0. The Morgan fingerprint density at radius 1 is 1.00 bits per heavy atom. The molecular formula is C31H34N4O2. The van der Waals surface area contributed by atoms with Gasteiger partial charge in [0, 0.05) is 37.2 Å². The van der Waals surface area contributed by atoms with Crippen LogP contribution in [0.5, 0.6) is 0 Å². The summed E-state index contributed by atoms with van der Waals surface area (Å²) in [6.45, 7) is 9.53. The summed E-state index contributed by atoms with van der Waals surface area (Å²) < 4.78 is 2.03. The topological polar surface area (TPSA) is 58.4 Å². The Hall–Kier alpha value is -3.93. The van der Waals surface area contributed by atoms with Crippen LogP contribution in [0.25, 0.3) is 11.0 Å². The number of amides is 2. The van der Waals surface area contributed by atoms with Gasteiger partial charge in [-0.25, -0.2) is 4.98 Å². The number of benzene rings is 3. The molecule has 4 aromatic rings. The van der Waals surface area contributed by atoms with E-state index in [1.165, 1.54) is 11.1 Å². The molecule has 0 bridgehead atoms. The zero-order valence-electron chi connectivity index (χ0n) is 22.0. The van der Waals surface area contributed by atoms with Crippen LogP contribution in [0.2, 0.25) is 0 Å². The average molecular weight is 495 g/mol. The van der Waals surface area contributed by atoms with Gasteiger partial charge in [0.25, 0.3) is 0 Å². The van der Waals surface area contributed by atoms with Crippen LogP contribution in [-0.2, 0) is 22.7 Å². The summed E-state index contributed by atoms with van der Waals surface area (Å²) >= 11 is 0. The number of aromatic nitrogens is 2. The van der Waals surface area contributed by atoms with E-state index in [-0.39, 0.29) is 30.3 Å². The van der Waals surface area contributed by atoms with Crippen molar-refractivity contribution in [2.45, 2.75) is 59.2 Å². The van der Waals surface area contributed by atoms with E-state index >= 15 is 0 Å². The third-order valence-corrected chi connectivity index (χ3v) is 7.41. The van der Waals surface area contributed by atoms with Crippen LogP contribution < -0.4 is 4.90 Å². The highest BCUT2D eigenvalue weighted by Crippen LogP contribution is 2.34. The third-order valence-electron chi connectivity index (χ3n) is 7.41. The fourth-order valence-electron chi connectivity index (χ4n) is 5.16. The lowest BCUT2D eigenvalue weighted by atomic mass is 10.1. The van der Waals surface area contributed by atoms with Gasteiger partial charge in [-0.2, -0.15) is 0 Å². The molecule has 0 aliphatic carbocycles. The van der Waals surface area contributed by atoms with Gasteiger partial charge in [-0.3, -0.25) is 9.59 Å². The minimum atomic E-state index is -0.0871. The quantitative estimate of drug-likeness (QED) is 0.336. The van der Waals surface area contributed by atoms with E-state index < -0.39 is 0 Å². The van der Waals surface area contributed by atoms with Crippen molar-refractivity contribution in [3.05, 3.63) is 95.3 Å². The first-order valence-electron chi connectivity index (χ1n) is 13.0. The van der Waals surface area contributed by atoms with Gasteiger partial charge in [-0.05, 0) is 68.7 Å². The van der Waals surface area contributed by atoms with Gasteiger partial charge >= 0.3 is 0 Å². The van der Waals surface area contributed by atoms with Gasteiger partial charge in [-0.1, -0.05) is 48.5 Å². The van der Waals surface area contributed by atoms with Gasteiger partial charge in [0.15, 0.2) is 0 Å². The van der Waals surface area contributed by atoms with Gasteiger partial charge in [-0.15, -0.1) is 0 Å². The number of carbonyl (C=O) groups is 2. The molecule has 1 atom stereocenters. The molecule has 5 rings (SSSR count). The number of para-hydroxylation sites is 2. The molecule has 190 valence electrons. The number of nitrogens with zero attached hydrogens (tertiary/aromatic N) is 4. The fraction of sp³-hybridized carbons (Fsp3) is 0.323. The first-order valence-corrected chi connectivity index (χ1v) is 13.0. The summed E-state index contributed by atoms with van der Waals surface area (Å²) in [7, 11) is 0. The van der Waals surface area contributed by atoms with E-state index in [2.05, 4.69) is 26.0 Å². The van der Waals surface area contributed by atoms with Crippen LogP contribution in [0, 0.1) is 13.8 Å². The van der Waals surface area contributed by atoms with Crippen molar-refractivity contribution < 1.29 is 9.59 Å². The summed E-state index contributed by atoms with van der Waals surface area (Å²) in [5.41, 5.74) is 6.16. The van der Waals surface area contributed by atoms with Gasteiger partial charge in [0.05, 0.1) is 11.0 Å². The van der Waals surface area contributed by atoms with Crippen molar-refractivity contribution in [3.8, 4) is 0 Å². The Morgan fingerprint density at radius 3 is 2.46 bits per heavy atom. The summed E-state index contributed by atoms with van der Waals surface area (Å²) in [6.07, 6.45) is 0.377. The smallest absolute Gasteiger partial charge is 0.243 e. The molecule has 3 aromatic carbocycles. The maximum Gasteiger partial charge on any atom is 0.243 e. The second-order valence-corrected chi connectivity index (χ2v) is 10.3. The lowest BCUT2D eigenvalue weighted by Crippen LogP contribution is -2.39. The largest absolute Gasteiger partial charge is 0.334 e. The second kappa shape index (κ2) is 10.2. The van der Waals surface area contributed by atoms with Crippen LogP contribution in [0.3, 0.4) is 0 Å². The minimum Gasteiger partial charge on any atom is -0.334 e. The highest BCUT2D eigenvalue weighted by atomic mass is 16.2. The highest BCUT2D eigenvalue weighted by molar-refractivity contribution is 5.96. The van der Waals surface area contributed by atoms with Crippen molar-refractivity contribution >= 4 is 28.5 Å². The molecule has 2 heterocycles. The maximum absolute atomic E-state index is 13.7. The Labute approximate surface area is 218 Å². The molecule has 0 N–H and O–H groups in total. The van der Waals surface area contributed by atoms with Crippen LogP contribution in [-0.4, -0.2) is 38.9 Å². The van der Waals surface area contributed by atoms with Crippen molar-refractivity contribution in [2.75, 3.05) is 11.4 Å². The monoisotopic (exact) mass is 494 g/mol. The molecule has 37 heavy (non-hydrogen) atoms. The van der Waals surface area contributed by atoms with E-state index in [9.17, 15) is 9.59 Å². The predicted octanol–water partition coefficient (Wildman–Crippen LogP) is 5.61. The van der Waals surface area contributed by atoms with Crippen LogP contribution in [0.15, 0.2) is 72.8 Å². The molecule has 0 saturated carbocycles. The van der Waals surface area contributed by atoms with E-state index in [0.29, 0.717) is 19.5 Å². The molecule has 0 spiro atoms. The zero-order chi connectivity index (χ0) is 26.1. The molecule has 1 aliphatic rings. The molecule has 6 nitrogen and oxygen atoms in total. The Balaban J connectivity index is 1.45. The van der Waals surface area contributed by atoms with Crippen molar-refractivity contribution in [3.63, 3.8) is 0 Å². The third kappa shape index (κ3) is 5.01. The van der Waals surface area contributed by atoms with E-state index in [4.69, 9.17) is 4.98 Å². The molecule has 0 radical (unpaired) electrons. The van der Waals surface area contributed by atoms with Crippen molar-refractivity contribution in [1.29, 1.82) is 0 Å². The Morgan fingerprint density at radius 2 is 1.73 bits per heavy atom. The van der Waals surface area contributed by atoms with Gasteiger partial charge < -0.3 is 14.4 Å². The number of rotatable bonds is 7. The number of fused-ring (bicyclic) bond motifs is 1. The van der Waals surface area contributed by atoms with Crippen LogP contribution >= 0.6 is 0 Å². The zero-order valence-corrected chi connectivity index (χ0v) is 22.0. The molecule has 2 amide bonds. The van der Waals surface area contributed by atoms with Crippen LogP contribution in [0.4, 0.5) is 5.69 Å². The molecule has 1 fully saturated rings. The highest BCUT2D eigenvalue weighted by Gasteiger charge is 2.35. The Bertz CT molecular complexity index is 1440. The summed E-state index contributed by atoms with van der Waals surface area (Å²) in [6, 6.07) is 24.2. The number of carbonyl (C=O) groups excluding carboxylic acids is 2. The number of anilines is 1. The average Bonchev–Trinajstić information content (AvgIpc) is 3.45. The Kier molecular flexibility index (Phi) is 6.83. The number of hydrogen-bond acceptors (Lipinski definition) is 3. The van der Waals surface area contributed by atoms with Crippen LogP contribution in [0.1, 0.15) is 48.7 Å².